The number of nitrogens with one attached hydrogen (secondary N) is 2. The van der Waals surface area contributed by atoms with E-state index in [0.29, 0.717) is 23.5 Å². The van der Waals surface area contributed by atoms with Crippen LogP contribution in [-0.4, -0.2) is 40.4 Å². The van der Waals surface area contributed by atoms with Crippen molar-refractivity contribution in [3.05, 3.63) is 59.2 Å². The Labute approximate surface area is 161 Å². The van der Waals surface area contributed by atoms with Crippen LogP contribution < -0.4 is 10.6 Å². The minimum atomic E-state index is -1.10. The van der Waals surface area contributed by atoms with E-state index in [4.69, 9.17) is 5.11 Å². The van der Waals surface area contributed by atoms with Gasteiger partial charge in [-0.2, -0.15) is 0 Å². The number of benzene rings is 2. The summed E-state index contributed by atoms with van der Waals surface area (Å²) >= 11 is 0. The van der Waals surface area contributed by atoms with E-state index in [-0.39, 0.29) is 28.9 Å². The van der Waals surface area contributed by atoms with Crippen LogP contribution in [0.15, 0.2) is 42.5 Å². The summed E-state index contributed by atoms with van der Waals surface area (Å²) < 4.78 is 0. The minimum absolute atomic E-state index is 0.0460. The molecule has 8 nitrogen and oxygen atoms in total. The highest BCUT2D eigenvalue weighted by atomic mass is 16.4. The van der Waals surface area contributed by atoms with Crippen LogP contribution in [0.1, 0.15) is 44.9 Å². The first-order valence-electron chi connectivity index (χ1n) is 8.68. The molecule has 0 fully saturated rings. The lowest BCUT2D eigenvalue weighted by atomic mass is 10.1. The molecule has 0 atom stereocenters. The number of amides is 4. The molecule has 3 rings (SSSR count). The number of hydrogen-bond acceptors (Lipinski definition) is 4. The predicted octanol–water partition coefficient (Wildman–Crippen LogP) is 3.28. The first-order chi connectivity index (χ1) is 13.3. The topological polar surface area (TPSA) is 116 Å². The number of imide groups is 1. The molecule has 0 spiro atoms. The average molecular weight is 381 g/mol. The maximum Gasteiger partial charge on any atom is 0.335 e. The van der Waals surface area contributed by atoms with Gasteiger partial charge in [0, 0.05) is 17.9 Å². The van der Waals surface area contributed by atoms with E-state index in [2.05, 4.69) is 10.6 Å². The third-order valence-electron chi connectivity index (χ3n) is 4.14. The summed E-state index contributed by atoms with van der Waals surface area (Å²) in [6.07, 6.45) is 0. The molecule has 0 bridgehead atoms. The molecule has 2 aromatic carbocycles. The molecule has 0 saturated carbocycles. The van der Waals surface area contributed by atoms with Crippen LogP contribution in [0, 0.1) is 5.92 Å². The molecule has 3 N–H and O–H groups in total. The van der Waals surface area contributed by atoms with Crippen LogP contribution in [0.25, 0.3) is 0 Å². The number of carbonyl (C=O) groups is 4. The van der Waals surface area contributed by atoms with Gasteiger partial charge in [-0.1, -0.05) is 19.9 Å². The summed E-state index contributed by atoms with van der Waals surface area (Å²) in [7, 11) is 0. The molecular formula is C20H19N3O5. The maximum atomic E-state index is 12.5. The number of rotatable bonds is 5. The summed E-state index contributed by atoms with van der Waals surface area (Å²) in [5.74, 6) is -1.67. The third-order valence-corrected chi connectivity index (χ3v) is 4.14. The zero-order valence-corrected chi connectivity index (χ0v) is 15.4. The van der Waals surface area contributed by atoms with E-state index in [1.807, 2.05) is 13.8 Å². The Morgan fingerprint density at radius 1 is 0.964 bits per heavy atom. The Morgan fingerprint density at radius 3 is 2.25 bits per heavy atom. The molecule has 144 valence electrons. The largest absolute Gasteiger partial charge is 0.478 e. The van der Waals surface area contributed by atoms with Gasteiger partial charge in [-0.25, -0.2) is 9.59 Å². The zero-order chi connectivity index (χ0) is 20.4. The molecule has 0 radical (unpaired) electrons. The first kappa shape index (κ1) is 19.1. The van der Waals surface area contributed by atoms with E-state index in [1.54, 1.807) is 6.07 Å². The van der Waals surface area contributed by atoms with Crippen molar-refractivity contribution in [2.45, 2.75) is 13.8 Å². The fourth-order valence-electron chi connectivity index (χ4n) is 2.92. The number of nitrogens with zero attached hydrogens (tertiary/aromatic N) is 1. The van der Waals surface area contributed by atoms with Crippen molar-refractivity contribution >= 4 is 35.2 Å². The molecule has 1 heterocycles. The summed E-state index contributed by atoms with van der Waals surface area (Å²) in [6, 6.07) is 9.73. The minimum Gasteiger partial charge on any atom is -0.478 e. The van der Waals surface area contributed by atoms with Gasteiger partial charge >= 0.3 is 12.0 Å². The molecule has 0 unspecified atom stereocenters. The van der Waals surface area contributed by atoms with Gasteiger partial charge in [0.05, 0.1) is 16.7 Å². The summed E-state index contributed by atoms with van der Waals surface area (Å²) in [4.78, 5) is 49.2. The van der Waals surface area contributed by atoms with Gasteiger partial charge in [-0.15, -0.1) is 0 Å². The molecule has 0 aliphatic carbocycles. The first-order valence-corrected chi connectivity index (χ1v) is 8.68. The van der Waals surface area contributed by atoms with Crippen molar-refractivity contribution in [3.63, 3.8) is 0 Å². The number of hydrogen-bond donors (Lipinski definition) is 3. The van der Waals surface area contributed by atoms with Crippen molar-refractivity contribution in [1.29, 1.82) is 0 Å². The van der Waals surface area contributed by atoms with Crippen LogP contribution >= 0.6 is 0 Å². The fraction of sp³-hybridized carbons (Fsp3) is 0.200. The van der Waals surface area contributed by atoms with Crippen LogP contribution in [0.4, 0.5) is 16.2 Å². The second-order valence-corrected chi connectivity index (χ2v) is 6.84. The number of aromatic carboxylic acids is 1. The Bertz CT molecular complexity index is 984. The second kappa shape index (κ2) is 7.51. The predicted molar refractivity (Wildman–Crippen MR) is 103 cm³/mol. The molecule has 2 aromatic rings. The Morgan fingerprint density at radius 2 is 1.61 bits per heavy atom. The van der Waals surface area contributed by atoms with E-state index in [0.717, 1.165) is 0 Å². The molecule has 8 heteroatoms. The lowest BCUT2D eigenvalue weighted by molar-refractivity contribution is 0.0633. The van der Waals surface area contributed by atoms with Gasteiger partial charge in [0.1, 0.15) is 0 Å². The Kier molecular flexibility index (Phi) is 5.12. The van der Waals surface area contributed by atoms with E-state index >= 15 is 0 Å². The van der Waals surface area contributed by atoms with Gasteiger partial charge in [0.2, 0.25) is 0 Å². The van der Waals surface area contributed by atoms with Crippen LogP contribution in [-0.2, 0) is 0 Å². The van der Waals surface area contributed by atoms with Gasteiger partial charge in [0.15, 0.2) is 0 Å². The fourth-order valence-corrected chi connectivity index (χ4v) is 2.92. The van der Waals surface area contributed by atoms with Gasteiger partial charge in [0.25, 0.3) is 11.8 Å². The number of anilines is 2. The molecule has 4 amide bonds. The third kappa shape index (κ3) is 3.85. The number of urea groups is 1. The highest BCUT2D eigenvalue weighted by molar-refractivity contribution is 6.22. The Hall–Kier alpha value is -3.68. The second-order valence-electron chi connectivity index (χ2n) is 6.84. The van der Waals surface area contributed by atoms with Crippen LogP contribution in [0.3, 0.4) is 0 Å². The summed E-state index contributed by atoms with van der Waals surface area (Å²) in [6.45, 7) is 4.16. The SMILES string of the molecule is CC(C)CN1C(=O)c2ccc(NC(=O)Nc3cccc(C(=O)O)c3)cc2C1=O. The lowest BCUT2D eigenvalue weighted by Crippen LogP contribution is -2.33. The molecule has 1 aliphatic heterocycles. The smallest absolute Gasteiger partial charge is 0.335 e. The lowest BCUT2D eigenvalue weighted by Gasteiger charge is -2.15. The number of carbonyl (C=O) groups excluding carboxylic acids is 3. The van der Waals surface area contributed by atoms with Crippen molar-refractivity contribution < 1.29 is 24.3 Å². The standard InChI is InChI=1S/C20H19N3O5/c1-11(2)10-23-17(24)15-7-6-14(9-16(15)18(23)25)22-20(28)21-13-5-3-4-12(8-13)19(26)27/h3-9,11H,10H2,1-2H3,(H,26,27)(H2,21,22,28). The molecule has 28 heavy (non-hydrogen) atoms. The molecular weight excluding hydrogens is 362 g/mol. The number of carboxylic acid groups (broad SMARTS) is 1. The highest BCUT2D eigenvalue weighted by Crippen LogP contribution is 2.26. The number of fused-ring (bicyclic) bond motifs is 1. The van der Waals surface area contributed by atoms with Crippen LogP contribution in [0.5, 0.6) is 0 Å². The molecule has 0 aromatic heterocycles. The zero-order valence-electron chi connectivity index (χ0n) is 15.4. The van der Waals surface area contributed by atoms with Crippen molar-refractivity contribution in [1.82, 2.24) is 4.90 Å². The van der Waals surface area contributed by atoms with E-state index < -0.39 is 12.0 Å². The monoisotopic (exact) mass is 381 g/mol. The van der Waals surface area contributed by atoms with Crippen LogP contribution in [0.2, 0.25) is 0 Å². The summed E-state index contributed by atoms with van der Waals surface area (Å²) in [5, 5.41) is 14.1. The maximum absolute atomic E-state index is 12.5. The van der Waals surface area contributed by atoms with E-state index in [9.17, 15) is 19.2 Å². The summed E-state index contributed by atoms with van der Waals surface area (Å²) in [5.41, 5.74) is 1.26. The van der Waals surface area contributed by atoms with Crippen molar-refractivity contribution in [2.24, 2.45) is 5.92 Å². The molecule has 0 saturated heterocycles. The normalized spacial score (nSPS) is 12.9. The van der Waals surface area contributed by atoms with E-state index in [1.165, 1.54) is 41.3 Å². The van der Waals surface area contributed by atoms with Crippen molar-refractivity contribution in [3.8, 4) is 0 Å². The highest BCUT2D eigenvalue weighted by Gasteiger charge is 2.35. The Balaban J connectivity index is 1.73. The quantitative estimate of drug-likeness (QED) is 0.688. The van der Waals surface area contributed by atoms with Gasteiger partial charge in [-0.05, 0) is 42.3 Å². The molecule has 1 aliphatic rings. The van der Waals surface area contributed by atoms with Gasteiger partial charge in [-0.3, -0.25) is 14.5 Å². The van der Waals surface area contributed by atoms with Gasteiger partial charge < -0.3 is 15.7 Å². The number of carboxylic acids is 1. The van der Waals surface area contributed by atoms with Crippen molar-refractivity contribution in [2.75, 3.05) is 17.2 Å². The average Bonchev–Trinajstić information content (AvgIpc) is 2.86.